The van der Waals surface area contributed by atoms with E-state index < -0.39 is 0 Å². The number of halogens is 1. The molecule has 0 unspecified atom stereocenters. The van der Waals surface area contributed by atoms with E-state index in [-0.39, 0.29) is 11.9 Å². The minimum absolute atomic E-state index is 0.104. The van der Waals surface area contributed by atoms with E-state index in [0.29, 0.717) is 18.7 Å². The molecule has 0 spiro atoms. The second-order valence-corrected chi connectivity index (χ2v) is 5.55. The van der Waals surface area contributed by atoms with Gasteiger partial charge in [0.1, 0.15) is 11.6 Å². The fraction of sp³-hybridized carbons (Fsp3) is 0.308. The van der Waals surface area contributed by atoms with Gasteiger partial charge >= 0.3 is 5.97 Å². The Morgan fingerprint density at radius 3 is 3.00 bits per heavy atom. The van der Waals surface area contributed by atoms with Crippen LogP contribution in [0.2, 0.25) is 0 Å². The summed E-state index contributed by atoms with van der Waals surface area (Å²) in [5, 5.41) is 13.3. The number of aromatic nitrogens is 2. The summed E-state index contributed by atoms with van der Waals surface area (Å²) < 4.78 is 7.27. The highest BCUT2D eigenvalue weighted by Gasteiger charge is 2.35. The Hall–Kier alpha value is -2.07. The number of carbonyl (C=O) groups is 1. The van der Waals surface area contributed by atoms with Crippen LogP contribution in [-0.4, -0.2) is 35.8 Å². The maximum atomic E-state index is 11.4. The topological polar surface area (TPSA) is 70.6 Å². The van der Waals surface area contributed by atoms with Crippen LogP contribution < -0.4 is 4.90 Å². The first-order valence-corrected chi connectivity index (χ1v) is 6.83. The third-order valence-electron chi connectivity index (χ3n) is 3.44. The molecule has 102 valence electrons. The number of carbonyl (C=O) groups excluding carboxylic acids is 1. The molecule has 0 bridgehead atoms. The van der Waals surface area contributed by atoms with Gasteiger partial charge in [0, 0.05) is 23.8 Å². The molecule has 3 rings (SSSR count). The van der Waals surface area contributed by atoms with Crippen molar-refractivity contribution in [2.75, 3.05) is 25.1 Å². The van der Waals surface area contributed by atoms with Crippen molar-refractivity contribution in [3.8, 4) is 6.07 Å². The standard InChI is InChI=1S/C13H11BrN4O2/c1-20-13(19)9-5-17(6-9)11-2-10(14)7-18-12(11)8(3-15)4-16-18/h2,4,7,9H,5-6H2,1H3. The average Bonchev–Trinajstić information content (AvgIpc) is 2.79. The quantitative estimate of drug-likeness (QED) is 0.780. The van der Waals surface area contributed by atoms with Crippen LogP contribution in [0.15, 0.2) is 22.9 Å². The van der Waals surface area contributed by atoms with Gasteiger partial charge < -0.3 is 9.64 Å². The number of hydrogen-bond acceptors (Lipinski definition) is 5. The lowest BCUT2D eigenvalue weighted by Gasteiger charge is -2.39. The number of hydrogen-bond donors (Lipinski definition) is 0. The molecule has 20 heavy (non-hydrogen) atoms. The van der Waals surface area contributed by atoms with Crippen LogP contribution in [0, 0.1) is 17.2 Å². The predicted molar refractivity (Wildman–Crippen MR) is 75.3 cm³/mol. The van der Waals surface area contributed by atoms with E-state index in [1.165, 1.54) is 7.11 Å². The summed E-state index contributed by atoms with van der Waals surface area (Å²) >= 11 is 3.43. The highest BCUT2D eigenvalue weighted by atomic mass is 79.9. The van der Waals surface area contributed by atoms with Crippen molar-refractivity contribution >= 4 is 33.1 Å². The van der Waals surface area contributed by atoms with Gasteiger partial charge in [-0.2, -0.15) is 10.4 Å². The number of nitriles is 1. The summed E-state index contributed by atoms with van der Waals surface area (Å²) in [5.74, 6) is -0.297. The number of rotatable bonds is 2. The molecule has 0 aromatic carbocycles. The maximum Gasteiger partial charge on any atom is 0.312 e. The van der Waals surface area contributed by atoms with E-state index in [1.54, 1.807) is 16.9 Å². The van der Waals surface area contributed by atoms with Crippen molar-refractivity contribution in [3.05, 3.63) is 28.5 Å². The van der Waals surface area contributed by atoms with Crippen molar-refractivity contribution in [3.63, 3.8) is 0 Å². The first-order chi connectivity index (χ1) is 9.63. The van der Waals surface area contributed by atoms with Crippen LogP contribution in [0.3, 0.4) is 0 Å². The molecule has 3 heterocycles. The molecule has 0 saturated carbocycles. The predicted octanol–water partition coefficient (Wildman–Crippen LogP) is 1.58. The summed E-state index contributed by atoms with van der Waals surface area (Å²) in [6.45, 7) is 1.18. The molecule has 1 aliphatic rings. The molecule has 1 aliphatic heterocycles. The van der Waals surface area contributed by atoms with E-state index in [2.05, 4.69) is 27.1 Å². The number of methoxy groups -OCH3 is 1. The Labute approximate surface area is 123 Å². The molecular weight excluding hydrogens is 324 g/mol. The second kappa shape index (κ2) is 4.80. The Morgan fingerprint density at radius 2 is 2.35 bits per heavy atom. The van der Waals surface area contributed by atoms with E-state index in [9.17, 15) is 4.79 Å². The smallest absolute Gasteiger partial charge is 0.312 e. The summed E-state index contributed by atoms with van der Waals surface area (Å²) in [7, 11) is 1.40. The molecule has 1 fully saturated rings. The van der Waals surface area contributed by atoms with E-state index >= 15 is 0 Å². The molecule has 0 atom stereocenters. The van der Waals surface area contributed by atoms with Gasteiger partial charge in [0.25, 0.3) is 0 Å². The van der Waals surface area contributed by atoms with Crippen LogP contribution in [-0.2, 0) is 9.53 Å². The molecule has 1 saturated heterocycles. The van der Waals surface area contributed by atoms with Gasteiger partial charge in [0.05, 0.1) is 30.5 Å². The number of pyridine rings is 1. The van der Waals surface area contributed by atoms with E-state index in [1.807, 2.05) is 11.0 Å². The molecule has 7 heteroatoms. The van der Waals surface area contributed by atoms with Crippen molar-refractivity contribution < 1.29 is 9.53 Å². The molecule has 0 radical (unpaired) electrons. The van der Waals surface area contributed by atoms with Crippen molar-refractivity contribution in [1.29, 1.82) is 5.26 Å². The van der Waals surface area contributed by atoms with E-state index in [0.717, 1.165) is 15.7 Å². The monoisotopic (exact) mass is 334 g/mol. The lowest BCUT2D eigenvalue weighted by Crippen LogP contribution is -2.51. The zero-order chi connectivity index (χ0) is 14.3. The van der Waals surface area contributed by atoms with Crippen LogP contribution >= 0.6 is 15.9 Å². The summed E-state index contributed by atoms with van der Waals surface area (Å²) in [5.41, 5.74) is 2.18. The molecule has 0 aliphatic carbocycles. The molecule has 0 N–H and O–H groups in total. The molecule has 0 amide bonds. The summed E-state index contributed by atoms with van der Waals surface area (Å²) in [6, 6.07) is 4.08. The summed E-state index contributed by atoms with van der Waals surface area (Å²) in [6.07, 6.45) is 3.35. The zero-order valence-electron chi connectivity index (χ0n) is 10.7. The highest BCUT2D eigenvalue weighted by Crippen LogP contribution is 2.33. The van der Waals surface area contributed by atoms with Crippen LogP contribution in [0.25, 0.3) is 5.52 Å². The van der Waals surface area contributed by atoms with Crippen molar-refractivity contribution in [2.45, 2.75) is 0 Å². The number of fused-ring (bicyclic) bond motifs is 1. The minimum atomic E-state index is -0.193. The number of anilines is 1. The fourth-order valence-corrected chi connectivity index (χ4v) is 2.79. The first-order valence-electron chi connectivity index (χ1n) is 6.04. The SMILES string of the molecule is COC(=O)C1CN(c2cc(Br)cn3ncc(C#N)c23)C1. The van der Waals surface area contributed by atoms with Crippen molar-refractivity contribution in [1.82, 2.24) is 9.61 Å². The highest BCUT2D eigenvalue weighted by molar-refractivity contribution is 9.10. The normalized spacial score (nSPS) is 14.9. The van der Waals surface area contributed by atoms with Crippen LogP contribution in [0.1, 0.15) is 5.56 Å². The third kappa shape index (κ3) is 1.93. The maximum absolute atomic E-state index is 11.4. The van der Waals surface area contributed by atoms with Gasteiger partial charge in [-0.3, -0.25) is 4.79 Å². The minimum Gasteiger partial charge on any atom is -0.469 e. The summed E-state index contributed by atoms with van der Waals surface area (Å²) in [4.78, 5) is 13.5. The number of nitrogens with zero attached hydrogens (tertiary/aromatic N) is 4. The van der Waals surface area contributed by atoms with Crippen LogP contribution in [0.5, 0.6) is 0 Å². The average molecular weight is 335 g/mol. The largest absolute Gasteiger partial charge is 0.469 e. The molecule has 2 aromatic rings. The lowest BCUT2D eigenvalue weighted by molar-refractivity contribution is -0.146. The van der Waals surface area contributed by atoms with Crippen LogP contribution in [0.4, 0.5) is 5.69 Å². The Bertz CT molecular complexity index is 728. The number of ether oxygens (including phenoxy) is 1. The van der Waals surface area contributed by atoms with Gasteiger partial charge in [-0.05, 0) is 22.0 Å². The van der Waals surface area contributed by atoms with Gasteiger partial charge in [-0.25, -0.2) is 4.52 Å². The molecular formula is C13H11BrN4O2. The Balaban J connectivity index is 1.98. The molecule has 6 nitrogen and oxygen atoms in total. The Kier molecular flexibility index (Phi) is 3.10. The zero-order valence-corrected chi connectivity index (χ0v) is 12.3. The number of esters is 1. The third-order valence-corrected chi connectivity index (χ3v) is 3.87. The Morgan fingerprint density at radius 1 is 1.60 bits per heavy atom. The van der Waals surface area contributed by atoms with Gasteiger partial charge in [-0.15, -0.1) is 0 Å². The fourth-order valence-electron chi connectivity index (χ4n) is 2.38. The van der Waals surface area contributed by atoms with E-state index in [4.69, 9.17) is 10.00 Å². The lowest BCUT2D eigenvalue weighted by atomic mass is 9.99. The van der Waals surface area contributed by atoms with Gasteiger partial charge in [-0.1, -0.05) is 0 Å². The first kappa shape index (κ1) is 12.9. The molecule has 2 aromatic heterocycles. The van der Waals surface area contributed by atoms with Gasteiger partial charge in [0.15, 0.2) is 0 Å². The van der Waals surface area contributed by atoms with Crippen molar-refractivity contribution in [2.24, 2.45) is 5.92 Å². The van der Waals surface area contributed by atoms with Gasteiger partial charge in [0.2, 0.25) is 0 Å². The second-order valence-electron chi connectivity index (χ2n) is 4.63.